The number of nitrogens with zero attached hydrogens (tertiary/aromatic N) is 2. The first-order valence-corrected chi connectivity index (χ1v) is 11.6. The molecule has 0 radical (unpaired) electrons. The van der Waals surface area contributed by atoms with Crippen LogP contribution in [-0.2, 0) is 25.5 Å². The van der Waals surface area contributed by atoms with Crippen LogP contribution in [0.25, 0.3) is 0 Å². The molecule has 2 heterocycles. The van der Waals surface area contributed by atoms with Gasteiger partial charge in [-0.25, -0.2) is 0 Å². The maximum atomic E-state index is 13.9. The van der Waals surface area contributed by atoms with E-state index in [-0.39, 0.29) is 23.2 Å². The van der Waals surface area contributed by atoms with Crippen LogP contribution in [0.3, 0.4) is 0 Å². The minimum atomic E-state index is -0.444. The third-order valence-electron chi connectivity index (χ3n) is 8.61. The van der Waals surface area contributed by atoms with Gasteiger partial charge < -0.3 is 15.0 Å². The lowest BCUT2D eigenvalue weighted by molar-refractivity contribution is -0.170. The van der Waals surface area contributed by atoms with Crippen molar-refractivity contribution in [2.75, 3.05) is 19.0 Å². The smallest absolute Gasteiger partial charge is 0.311 e. The number of anilines is 1. The predicted octanol–water partition coefficient (Wildman–Crippen LogP) is 2.81. The van der Waals surface area contributed by atoms with E-state index >= 15 is 0 Å². The Labute approximate surface area is 182 Å². The van der Waals surface area contributed by atoms with Gasteiger partial charge in [0.25, 0.3) is 0 Å². The number of hydrogen-bond donors (Lipinski definition) is 2. The highest BCUT2D eigenvalue weighted by Gasteiger charge is 2.61. The van der Waals surface area contributed by atoms with E-state index in [0.29, 0.717) is 50.9 Å². The molecule has 6 rings (SSSR count). The van der Waals surface area contributed by atoms with E-state index in [4.69, 9.17) is 4.74 Å². The van der Waals surface area contributed by atoms with Gasteiger partial charge in [-0.15, -0.1) is 0 Å². The first kappa shape index (κ1) is 20.5. The average molecular weight is 429 g/mol. The van der Waals surface area contributed by atoms with Crippen LogP contribution in [0.4, 0.5) is 5.82 Å². The molecule has 0 aromatic carbocycles. The highest BCUT2D eigenvalue weighted by Crippen LogP contribution is 2.60. The Balaban J connectivity index is 1.33. The molecule has 1 atom stereocenters. The third-order valence-corrected chi connectivity index (χ3v) is 8.61. The molecule has 4 saturated carbocycles. The van der Waals surface area contributed by atoms with Crippen LogP contribution in [0, 0.1) is 16.2 Å². The van der Waals surface area contributed by atoms with Crippen LogP contribution < -0.4 is 5.32 Å². The van der Waals surface area contributed by atoms with Gasteiger partial charge in [0.05, 0.1) is 12.5 Å². The Morgan fingerprint density at radius 3 is 2.32 bits per heavy atom. The number of carbonyl (C=O) groups excluding carboxylic acids is 3. The summed E-state index contributed by atoms with van der Waals surface area (Å²) in [7, 11) is 1.45. The number of esters is 1. The molecule has 5 aliphatic rings. The monoisotopic (exact) mass is 428 g/mol. The van der Waals surface area contributed by atoms with Crippen LogP contribution >= 0.6 is 0 Å². The number of aryl methyl sites for hydroxylation is 1. The Bertz CT molecular complexity index is 894. The van der Waals surface area contributed by atoms with Crippen LogP contribution in [0.1, 0.15) is 70.4 Å². The SMILES string of the molecule is CCc1cc(NC(=O)[C@@H]2CC3(CC3)CN2C(=O)C23CCC(C(=O)OC)(CC2)CC3)n[nH]1. The van der Waals surface area contributed by atoms with Crippen molar-refractivity contribution < 1.29 is 19.1 Å². The number of ether oxygens (including phenoxy) is 1. The molecule has 8 heteroatoms. The summed E-state index contributed by atoms with van der Waals surface area (Å²) < 4.78 is 5.06. The summed E-state index contributed by atoms with van der Waals surface area (Å²) in [5.41, 5.74) is 0.239. The van der Waals surface area contributed by atoms with E-state index in [1.54, 1.807) is 0 Å². The number of hydrogen-bond acceptors (Lipinski definition) is 5. The zero-order valence-corrected chi connectivity index (χ0v) is 18.5. The lowest BCUT2D eigenvalue weighted by Gasteiger charge is -2.52. The first-order chi connectivity index (χ1) is 14.8. The standard InChI is InChI=1S/C23H32N4O4/c1-3-15-12-17(26-25-15)24-18(28)16-13-21(4-5-21)14-27(16)19(29)22-6-9-23(10-7-22,11-8-22)20(30)31-2/h12,16H,3-11,13-14H2,1-2H3,(H2,24,25,26,28)/t16-,22?,23?/m0/s1. The van der Waals surface area contributed by atoms with Crippen molar-refractivity contribution in [3.63, 3.8) is 0 Å². The quantitative estimate of drug-likeness (QED) is 0.702. The second-order valence-corrected chi connectivity index (χ2v) is 10.3. The topological polar surface area (TPSA) is 104 Å². The maximum Gasteiger partial charge on any atom is 0.311 e. The molecule has 1 saturated heterocycles. The minimum absolute atomic E-state index is 0.117. The minimum Gasteiger partial charge on any atom is -0.469 e. The molecule has 5 fully saturated rings. The van der Waals surface area contributed by atoms with Crippen molar-refractivity contribution in [3.05, 3.63) is 11.8 Å². The molecule has 1 aromatic rings. The second kappa shape index (κ2) is 7.07. The molecular formula is C23H32N4O4. The summed E-state index contributed by atoms with van der Waals surface area (Å²) in [4.78, 5) is 41.2. The molecule has 1 aliphatic heterocycles. The summed E-state index contributed by atoms with van der Waals surface area (Å²) in [5, 5.41) is 10.0. The first-order valence-electron chi connectivity index (χ1n) is 11.6. The van der Waals surface area contributed by atoms with Crippen molar-refractivity contribution in [2.45, 2.75) is 77.2 Å². The van der Waals surface area contributed by atoms with Gasteiger partial charge in [0.2, 0.25) is 11.8 Å². The lowest BCUT2D eigenvalue weighted by Crippen LogP contribution is -2.56. The van der Waals surface area contributed by atoms with Gasteiger partial charge in [0.1, 0.15) is 6.04 Å². The third kappa shape index (κ3) is 3.26. The van der Waals surface area contributed by atoms with E-state index in [1.165, 1.54) is 7.11 Å². The number of likely N-dealkylation sites (tertiary alicyclic amines) is 1. The number of nitrogens with one attached hydrogen (secondary N) is 2. The van der Waals surface area contributed by atoms with Crippen molar-refractivity contribution in [1.29, 1.82) is 0 Å². The van der Waals surface area contributed by atoms with Gasteiger partial charge in [-0.2, -0.15) is 5.10 Å². The zero-order valence-electron chi connectivity index (χ0n) is 18.5. The number of methoxy groups -OCH3 is 1. The fourth-order valence-electron chi connectivity index (χ4n) is 6.19. The van der Waals surface area contributed by atoms with Gasteiger partial charge in [0, 0.05) is 23.7 Å². The predicted molar refractivity (Wildman–Crippen MR) is 113 cm³/mol. The molecule has 1 spiro atoms. The van der Waals surface area contributed by atoms with Gasteiger partial charge in [-0.1, -0.05) is 6.92 Å². The van der Waals surface area contributed by atoms with Crippen LogP contribution in [0.15, 0.2) is 6.07 Å². The summed E-state index contributed by atoms with van der Waals surface area (Å²) in [6.07, 6.45) is 7.95. The van der Waals surface area contributed by atoms with Crippen LogP contribution in [0.5, 0.6) is 0 Å². The average Bonchev–Trinajstić information content (AvgIpc) is 3.22. The summed E-state index contributed by atoms with van der Waals surface area (Å²) in [6, 6.07) is 1.40. The van der Waals surface area contributed by atoms with Crippen LogP contribution in [-0.4, -0.2) is 52.6 Å². The summed E-state index contributed by atoms with van der Waals surface area (Å²) >= 11 is 0. The van der Waals surface area contributed by atoms with Crippen molar-refractivity contribution in [3.8, 4) is 0 Å². The Kier molecular flexibility index (Phi) is 4.68. The number of carbonyl (C=O) groups is 3. The van der Waals surface area contributed by atoms with Crippen molar-refractivity contribution >= 4 is 23.6 Å². The van der Waals surface area contributed by atoms with Gasteiger partial charge in [0.15, 0.2) is 5.82 Å². The zero-order chi connectivity index (χ0) is 21.9. The number of fused-ring (bicyclic) bond motifs is 3. The van der Waals surface area contributed by atoms with Gasteiger partial charge in [-0.05, 0) is 69.6 Å². The normalized spacial score (nSPS) is 32.8. The summed E-state index contributed by atoms with van der Waals surface area (Å²) in [5.74, 6) is 0.362. The van der Waals surface area contributed by atoms with Gasteiger partial charge >= 0.3 is 5.97 Å². The summed E-state index contributed by atoms with van der Waals surface area (Å²) in [6.45, 7) is 2.70. The second-order valence-electron chi connectivity index (χ2n) is 10.3. The van der Waals surface area contributed by atoms with E-state index in [9.17, 15) is 14.4 Å². The number of aromatic amines is 1. The largest absolute Gasteiger partial charge is 0.469 e. The lowest BCUT2D eigenvalue weighted by atomic mass is 9.53. The molecule has 2 N–H and O–H groups in total. The number of aromatic nitrogens is 2. The molecule has 2 bridgehead atoms. The Morgan fingerprint density at radius 1 is 1.13 bits per heavy atom. The highest BCUT2D eigenvalue weighted by molar-refractivity contribution is 5.98. The van der Waals surface area contributed by atoms with Crippen molar-refractivity contribution in [1.82, 2.24) is 15.1 Å². The Hall–Kier alpha value is -2.38. The maximum absolute atomic E-state index is 13.9. The molecule has 0 unspecified atom stereocenters. The molecular weight excluding hydrogens is 396 g/mol. The van der Waals surface area contributed by atoms with E-state index in [1.807, 2.05) is 17.9 Å². The molecule has 4 aliphatic carbocycles. The number of H-pyrrole nitrogens is 1. The fraction of sp³-hybridized carbons (Fsp3) is 0.739. The fourth-order valence-corrected chi connectivity index (χ4v) is 6.19. The highest BCUT2D eigenvalue weighted by atomic mass is 16.5. The number of rotatable bonds is 5. The van der Waals surface area contributed by atoms with Gasteiger partial charge in [-0.3, -0.25) is 19.5 Å². The van der Waals surface area contributed by atoms with E-state index in [2.05, 4.69) is 15.5 Å². The Morgan fingerprint density at radius 2 is 1.77 bits per heavy atom. The molecule has 31 heavy (non-hydrogen) atoms. The van der Waals surface area contributed by atoms with Crippen molar-refractivity contribution in [2.24, 2.45) is 16.2 Å². The molecule has 8 nitrogen and oxygen atoms in total. The molecule has 1 aromatic heterocycles. The number of amides is 2. The van der Waals surface area contributed by atoms with E-state index < -0.39 is 16.9 Å². The molecule has 168 valence electrons. The molecule has 2 amide bonds. The van der Waals surface area contributed by atoms with E-state index in [0.717, 1.165) is 31.4 Å². The van der Waals surface area contributed by atoms with Crippen LogP contribution in [0.2, 0.25) is 0 Å².